The number of carbonyl (C=O) groups is 1. The number of amides is 1. The molecule has 1 aliphatic rings. The van der Waals surface area contributed by atoms with E-state index in [1.54, 1.807) is 4.90 Å². The number of rotatable bonds is 1. The Morgan fingerprint density at radius 2 is 1.84 bits per heavy atom. The molecular formula is C16H23NO2. The van der Waals surface area contributed by atoms with Gasteiger partial charge in [0.1, 0.15) is 0 Å². The number of benzene rings is 1. The van der Waals surface area contributed by atoms with E-state index in [2.05, 4.69) is 52.0 Å². The highest BCUT2D eigenvalue weighted by Gasteiger charge is 2.52. The quantitative estimate of drug-likeness (QED) is 0.829. The highest BCUT2D eigenvalue weighted by Crippen LogP contribution is 2.51. The van der Waals surface area contributed by atoms with Crippen molar-refractivity contribution in [2.75, 3.05) is 6.54 Å². The molecule has 0 bridgehead atoms. The average Bonchev–Trinajstić information content (AvgIpc) is 2.75. The van der Waals surface area contributed by atoms with Crippen molar-refractivity contribution in [2.45, 2.75) is 46.1 Å². The monoisotopic (exact) mass is 261 g/mol. The molecule has 1 aliphatic heterocycles. The molecule has 1 aromatic carbocycles. The van der Waals surface area contributed by atoms with Crippen LogP contribution < -0.4 is 0 Å². The second-order valence-electron chi connectivity index (χ2n) is 6.51. The maximum atomic E-state index is 11.6. The van der Waals surface area contributed by atoms with Crippen LogP contribution in [0.25, 0.3) is 0 Å². The summed E-state index contributed by atoms with van der Waals surface area (Å²) in [5.74, 6) is 0. The molecule has 0 spiro atoms. The summed E-state index contributed by atoms with van der Waals surface area (Å²) in [5, 5.41) is 9.55. The van der Waals surface area contributed by atoms with Crippen molar-refractivity contribution in [1.82, 2.24) is 4.90 Å². The molecule has 1 unspecified atom stereocenters. The van der Waals surface area contributed by atoms with E-state index in [0.717, 1.165) is 18.4 Å². The van der Waals surface area contributed by atoms with E-state index in [1.807, 2.05) is 0 Å². The predicted octanol–water partition coefficient (Wildman–Crippen LogP) is 4.01. The Bertz CT molecular complexity index is 473. The minimum Gasteiger partial charge on any atom is -0.465 e. The third-order valence-electron chi connectivity index (χ3n) is 4.38. The first-order valence-electron chi connectivity index (χ1n) is 6.87. The van der Waals surface area contributed by atoms with E-state index in [4.69, 9.17) is 0 Å². The van der Waals surface area contributed by atoms with Gasteiger partial charge in [0.15, 0.2) is 0 Å². The van der Waals surface area contributed by atoms with Gasteiger partial charge < -0.3 is 5.11 Å². The van der Waals surface area contributed by atoms with Gasteiger partial charge in [-0.05, 0) is 30.7 Å². The number of nitrogens with zero attached hydrogens (tertiary/aromatic N) is 1. The number of carboxylic acid groups (broad SMARTS) is 1. The van der Waals surface area contributed by atoms with Crippen molar-refractivity contribution in [3.63, 3.8) is 0 Å². The third-order valence-corrected chi connectivity index (χ3v) is 4.38. The Hall–Kier alpha value is -1.51. The van der Waals surface area contributed by atoms with Gasteiger partial charge in [-0.2, -0.15) is 0 Å². The molecule has 0 aliphatic carbocycles. The summed E-state index contributed by atoms with van der Waals surface area (Å²) < 4.78 is 0. The highest BCUT2D eigenvalue weighted by atomic mass is 16.4. The lowest BCUT2D eigenvalue weighted by Gasteiger charge is -2.47. The standard InChI is InChI=1S/C16H23NO2/c1-12-6-8-13(9-7-12)16(15(2,3)4)10-5-11-17(16)14(18)19/h6-9H,5,10-11H2,1-4H3,(H,18,19). The van der Waals surface area contributed by atoms with Gasteiger partial charge in [-0.15, -0.1) is 0 Å². The Labute approximate surface area is 115 Å². The minimum absolute atomic E-state index is 0.128. The normalized spacial score (nSPS) is 23.7. The van der Waals surface area contributed by atoms with Gasteiger partial charge in [0.25, 0.3) is 0 Å². The Morgan fingerprint density at radius 3 is 2.32 bits per heavy atom. The molecule has 1 amide bonds. The van der Waals surface area contributed by atoms with Crippen LogP contribution in [0.4, 0.5) is 4.79 Å². The minimum atomic E-state index is -0.812. The molecule has 104 valence electrons. The Kier molecular flexibility index (Phi) is 3.33. The summed E-state index contributed by atoms with van der Waals surface area (Å²) in [6.45, 7) is 9.08. The van der Waals surface area contributed by atoms with Crippen LogP contribution in [-0.4, -0.2) is 22.6 Å². The SMILES string of the molecule is Cc1ccc(C2(C(C)(C)C)CCCN2C(=O)O)cc1. The molecule has 1 N–H and O–H groups in total. The van der Waals surface area contributed by atoms with Crippen LogP contribution in [0.3, 0.4) is 0 Å². The Balaban J connectivity index is 2.58. The van der Waals surface area contributed by atoms with Crippen molar-refractivity contribution in [3.8, 4) is 0 Å². The van der Waals surface area contributed by atoms with Gasteiger partial charge in [0, 0.05) is 6.54 Å². The van der Waals surface area contributed by atoms with E-state index in [1.165, 1.54) is 5.56 Å². The number of aryl methyl sites for hydroxylation is 1. The lowest BCUT2D eigenvalue weighted by Crippen LogP contribution is -2.52. The van der Waals surface area contributed by atoms with Gasteiger partial charge >= 0.3 is 6.09 Å². The lowest BCUT2D eigenvalue weighted by atomic mass is 9.67. The first kappa shape index (κ1) is 13.9. The maximum absolute atomic E-state index is 11.6. The van der Waals surface area contributed by atoms with E-state index >= 15 is 0 Å². The summed E-state index contributed by atoms with van der Waals surface area (Å²) in [5.41, 5.74) is 1.78. The van der Waals surface area contributed by atoms with Crippen LogP contribution in [0.1, 0.15) is 44.7 Å². The Morgan fingerprint density at radius 1 is 1.26 bits per heavy atom. The summed E-state index contributed by atoms with van der Waals surface area (Å²) in [7, 11) is 0. The van der Waals surface area contributed by atoms with E-state index in [0.29, 0.717) is 6.54 Å². The van der Waals surface area contributed by atoms with Gasteiger partial charge in [0.05, 0.1) is 5.54 Å². The van der Waals surface area contributed by atoms with E-state index in [9.17, 15) is 9.90 Å². The molecular weight excluding hydrogens is 238 g/mol. The van der Waals surface area contributed by atoms with Gasteiger partial charge in [-0.3, -0.25) is 4.90 Å². The first-order chi connectivity index (χ1) is 8.79. The predicted molar refractivity (Wildman–Crippen MR) is 76.3 cm³/mol. The van der Waals surface area contributed by atoms with Crippen LogP contribution in [0.15, 0.2) is 24.3 Å². The molecule has 1 fully saturated rings. The van der Waals surface area contributed by atoms with Crippen molar-refractivity contribution in [2.24, 2.45) is 5.41 Å². The summed E-state index contributed by atoms with van der Waals surface area (Å²) >= 11 is 0. The molecule has 0 saturated carbocycles. The topological polar surface area (TPSA) is 40.5 Å². The summed E-state index contributed by atoms with van der Waals surface area (Å²) in [6, 6.07) is 8.31. The molecule has 0 aromatic heterocycles. The van der Waals surface area contributed by atoms with Crippen molar-refractivity contribution < 1.29 is 9.90 Å². The molecule has 1 atom stereocenters. The van der Waals surface area contributed by atoms with Gasteiger partial charge in [-0.25, -0.2) is 4.79 Å². The second kappa shape index (κ2) is 4.55. The number of hydrogen-bond acceptors (Lipinski definition) is 1. The summed E-state index contributed by atoms with van der Waals surface area (Å²) in [4.78, 5) is 13.3. The molecule has 1 saturated heterocycles. The molecule has 1 heterocycles. The molecule has 3 heteroatoms. The van der Waals surface area contributed by atoms with Crippen LogP contribution in [0, 0.1) is 12.3 Å². The lowest BCUT2D eigenvalue weighted by molar-refractivity contribution is 0.0276. The van der Waals surface area contributed by atoms with Gasteiger partial charge in [-0.1, -0.05) is 50.6 Å². The van der Waals surface area contributed by atoms with Crippen molar-refractivity contribution >= 4 is 6.09 Å². The zero-order chi connectivity index (χ0) is 14.3. The van der Waals surface area contributed by atoms with E-state index in [-0.39, 0.29) is 5.41 Å². The smallest absolute Gasteiger partial charge is 0.408 e. The molecule has 2 rings (SSSR count). The second-order valence-corrected chi connectivity index (χ2v) is 6.51. The fraction of sp³-hybridized carbons (Fsp3) is 0.562. The fourth-order valence-corrected chi connectivity index (χ4v) is 3.42. The highest BCUT2D eigenvalue weighted by molar-refractivity contribution is 5.67. The first-order valence-corrected chi connectivity index (χ1v) is 6.87. The van der Waals surface area contributed by atoms with Crippen LogP contribution >= 0.6 is 0 Å². The number of likely N-dealkylation sites (tertiary alicyclic amines) is 1. The number of hydrogen-bond donors (Lipinski definition) is 1. The largest absolute Gasteiger partial charge is 0.465 e. The zero-order valence-corrected chi connectivity index (χ0v) is 12.2. The molecule has 19 heavy (non-hydrogen) atoms. The summed E-state index contributed by atoms with van der Waals surface area (Å²) in [6.07, 6.45) is 1.01. The third kappa shape index (κ3) is 2.11. The average molecular weight is 261 g/mol. The van der Waals surface area contributed by atoms with Crippen LogP contribution in [0.2, 0.25) is 0 Å². The van der Waals surface area contributed by atoms with Crippen LogP contribution in [-0.2, 0) is 5.54 Å². The van der Waals surface area contributed by atoms with Crippen molar-refractivity contribution in [1.29, 1.82) is 0 Å². The van der Waals surface area contributed by atoms with Gasteiger partial charge in [0.2, 0.25) is 0 Å². The maximum Gasteiger partial charge on any atom is 0.408 e. The van der Waals surface area contributed by atoms with Crippen molar-refractivity contribution in [3.05, 3.63) is 35.4 Å². The van der Waals surface area contributed by atoms with Crippen LogP contribution in [0.5, 0.6) is 0 Å². The van der Waals surface area contributed by atoms with E-state index < -0.39 is 11.6 Å². The fourth-order valence-electron chi connectivity index (χ4n) is 3.42. The molecule has 1 aromatic rings. The zero-order valence-electron chi connectivity index (χ0n) is 12.2. The molecule has 0 radical (unpaired) electrons. The molecule has 3 nitrogen and oxygen atoms in total.